The molecule has 0 aliphatic heterocycles. The fraction of sp³-hybridized carbons (Fsp3) is 0.333. The highest BCUT2D eigenvalue weighted by Gasteiger charge is 2.25. The van der Waals surface area contributed by atoms with Crippen LogP contribution in [0.4, 0.5) is 0 Å². The lowest BCUT2D eigenvalue weighted by atomic mass is 10.0. The molecule has 2 aromatic rings. The lowest BCUT2D eigenvalue weighted by molar-refractivity contribution is -0.124. The summed E-state index contributed by atoms with van der Waals surface area (Å²) in [6.07, 6.45) is 0. The molecule has 1 aromatic heterocycles. The fourth-order valence-corrected chi connectivity index (χ4v) is 3.05. The largest absolute Gasteiger partial charge is 0.476 e. The third kappa shape index (κ3) is 4.89. The number of hydrogen-bond donors (Lipinski definition) is 3. The molecule has 1 unspecified atom stereocenters. The SMILES string of the molecule is Cc1ccccc1C(=O)NC(C(=O)NCc1nc(C(=O)O)cs1)C(C)C. The number of carbonyl (C=O) groups is 3. The molecule has 0 saturated carbocycles. The first-order valence-corrected chi connectivity index (χ1v) is 8.99. The predicted molar refractivity (Wildman–Crippen MR) is 98.2 cm³/mol. The van der Waals surface area contributed by atoms with Gasteiger partial charge in [0.15, 0.2) is 5.69 Å². The molecule has 7 nitrogen and oxygen atoms in total. The van der Waals surface area contributed by atoms with Gasteiger partial charge in [-0.25, -0.2) is 9.78 Å². The van der Waals surface area contributed by atoms with Gasteiger partial charge >= 0.3 is 5.97 Å². The predicted octanol–water partition coefficient (Wildman–Crippen LogP) is 2.22. The molecule has 0 radical (unpaired) electrons. The van der Waals surface area contributed by atoms with E-state index in [9.17, 15) is 14.4 Å². The van der Waals surface area contributed by atoms with Crippen molar-refractivity contribution in [2.75, 3.05) is 0 Å². The Morgan fingerprint density at radius 1 is 1.23 bits per heavy atom. The first kappa shape index (κ1) is 19.6. The van der Waals surface area contributed by atoms with Gasteiger partial charge in [-0.3, -0.25) is 9.59 Å². The van der Waals surface area contributed by atoms with E-state index in [2.05, 4.69) is 15.6 Å². The van der Waals surface area contributed by atoms with Crippen LogP contribution in [0.3, 0.4) is 0 Å². The number of aromatic carboxylic acids is 1. The summed E-state index contributed by atoms with van der Waals surface area (Å²) in [4.78, 5) is 39.7. The molecule has 8 heteroatoms. The van der Waals surface area contributed by atoms with Crippen molar-refractivity contribution in [1.82, 2.24) is 15.6 Å². The van der Waals surface area contributed by atoms with E-state index in [-0.39, 0.29) is 30.0 Å². The van der Waals surface area contributed by atoms with Gasteiger partial charge in [-0.1, -0.05) is 32.0 Å². The summed E-state index contributed by atoms with van der Waals surface area (Å²) in [5.41, 5.74) is 1.31. The third-order valence-electron chi connectivity index (χ3n) is 3.81. The van der Waals surface area contributed by atoms with E-state index in [1.165, 1.54) is 5.38 Å². The Morgan fingerprint density at radius 2 is 1.92 bits per heavy atom. The van der Waals surface area contributed by atoms with Crippen LogP contribution in [0.5, 0.6) is 0 Å². The Kier molecular flexibility index (Phi) is 6.46. The molecule has 0 bridgehead atoms. The van der Waals surface area contributed by atoms with E-state index in [0.29, 0.717) is 10.6 Å². The molecule has 26 heavy (non-hydrogen) atoms. The highest BCUT2D eigenvalue weighted by Crippen LogP contribution is 2.11. The van der Waals surface area contributed by atoms with Crippen LogP contribution in [0.15, 0.2) is 29.6 Å². The highest BCUT2D eigenvalue weighted by atomic mass is 32.1. The second-order valence-electron chi connectivity index (χ2n) is 6.16. The van der Waals surface area contributed by atoms with Crippen molar-refractivity contribution < 1.29 is 19.5 Å². The van der Waals surface area contributed by atoms with Crippen LogP contribution in [0.1, 0.15) is 45.3 Å². The average molecular weight is 375 g/mol. The van der Waals surface area contributed by atoms with Crippen molar-refractivity contribution in [2.45, 2.75) is 33.4 Å². The Morgan fingerprint density at radius 3 is 2.50 bits per heavy atom. The molecule has 1 aromatic carbocycles. The Balaban J connectivity index is 2.01. The van der Waals surface area contributed by atoms with E-state index >= 15 is 0 Å². The van der Waals surface area contributed by atoms with Crippen molar-refractivity contribution in [2.24, 2.45) is 5.92 Å². The van der Waals surface area contributed by atoms with Crippen molar-refractivity contribution >= 4 is 29.1 Å². The first-order valence-electron chi connectivity index (χ1n) is 8.11. The third-order valence-corrected chi connectivity index (χ3v) is 4.66. The zero-order valence-corrected chi connectivity index (χ0v) is 15.6. The molecule has 138 valence electrons. The van der Waals surface area contributed by atoms with Gasteiger partial charge < -0.3 is 15.7 Å². The van der Waals surface area contributed by atoms with Crippen LogP contribution in [-0.4, -0.2) is 33.9 Å². The summed E-state index contributed by atoms with van der Waals surface area (Å²) < 4.78 is 0. The maximum Gasteiger partial charge on any atom is 0.355 e. The summed E-state index contributed by atoms with van der Waals surface area (Å²) in [5, 5.41) is 16.3. The Labute approximate surface area is 155 Å². The number of amides is 2. The maximum absolute atomic E-state index is 12.5. The molecule has 2 rings (SSSR count). The lowest BCUT2D eigenvalue weighted by Crippen LogP contribution is -2.49. The summed E-state index contributed by atoms with van der Waals surface area (Å²) >= 11 is 1.16. The molecule has 0 aliphatic rings. The monoisotopic (exact) mass is 375 g/mol. The quantitative estimate of drug-likeness (QED) is 0.688. The Hall–Kier alpha value is -2.74. The summed E-state index contributed by atoms with van der Waals surface area (Å²) in [7, 11) is 0. The van der Waals surface area contributed by atoms with E-state index in [4.69, 9.17) is 5.11 Å². The van der Waals surface area contributed by atoms with Gasteiger partial charge in [-0.05, 0) is 24.5 Å². The highest BCUT2D eigenvalue weighted by molar-refractivity contribution is 7.09. The van der Waals surface area contributed by atoms with Gasteiger partial charge in [0, 0.05) is 10.9 Å². The number of carboxylic acid groups (broad SMARTS) is 1. The number of hydrogen-bond acceptors (Lipinski definition) is 5. The average Bonchev–Trinajstić information content (AvgIpc) is 3.07. The van der Waals surface area contributed by atoms with Crippen LogP contribution in [0, 0.1) is 12.8 Å². The fourth-order valence-electron chi connectivity index (χ4n) is 2.34. The lowest BCUT2D eigenvalue weighted by Gasteiger charge is -2.22. The van der Waals surface area contributed by atoms with Gasteiger partial charge in [-0.15, -0.1) is 11.3 Å². The standard InChI is InChI=1S/C18H21N3O4S/c1-10(2)15(21-16(22)12-7-5-4-6-11(12)3)17(23)19-8-14-20-13(9-26-14)18(24)25/h4-7,9-10,15H,8H2,1-3H3,(H,19,23)(H,21,22)(H,24,25). The first-order chi connectivity index (χ1) is 12.3. The molecule has 0 fully saturated rings. The number of nitrogens with one attached hydrogen (secondary N) is 2. The molecule has 1 atom stereocenters. The molecule has 3 N–H and O–H groups in total. The minimum absolute atomic E-state index is 0.0486. The molecule has 0 aliphatic carbocycles. The molecular formula is C18H21N3O4S. The molecule has 0 saturated heterocycles. The topological polar surface area (TPSA) is 108 Å². The van der Waals surface area contributed by atoms with E-state index in [1.807, 2.05) is 32.9 Å². The van der Waals surface area contributed by atoms with Gasteiger partial charge in [0.1, 0.15) is 11.0 Å². The maximum atomic E-state index is 12.5. The van der Waals surface area contributed by atoms with Crippen molar-refractivity contribution in [1.29, 1.82) is 0 Å². The van der Waals surface area contributed by atoms with Crippen molar-refractivity contribution in [3.8, 4) is 0 Å². The zero-order valence-electron chi connectivity index (χ0n) is 14.8. The smallest absolute Gasteiger partial charge is 0.355 e. The van der Waals surface area contributed by atoms with Crippen LogP contribution < -0.4 is 10.6 Å². The van der Waals surface area contributed by atoms with Crippen LogP contribution in [0.2, 0.25) is 0 Å². The summed E-state index contributed by atoms with van der Waals surface area (Å²) in [6, 6.07) is 6.46. The number of rotatable bonds is 7. The number of aryl methyl sites for hydroxylation is 1. The number of nitrogens with zero attached hydrogens (tertiary/aromatic N) is 1. The van der Waals surface area contributed by atoms with E-state index in [0.717, 1.165) is 16.9 Å². The van der Waals surface area contributed by atoms with Crippen LogP contribution in [0.25, 0.3) is 0 Å². The van der Waals surface area contributed by atoms with E-state index < -0.39 is 12.0 Å². The number of benzene rings is 1. The minimum Gasteiger partial charge on any atom is -0.476 e. The van der Waals surface area contributed by atoms with Crippen molar-refractivity contribution in [3.63, 3.8) is 0 Å². The molecule has 1 heterocycles. The van der Waals surface area contributed by atoms with Crippen molar-refractivity contribution in [3.05, 3.63) is 51.5 Å². The molecule has 2 amide bonds. The van der Waals surface area contributed by atoms with Gasteiger partial charge in [0.25, 0.3) is 5.91 Å². The number of aromatic nitrogens is 1. The Bertz CT molecular complexity index is 816. The molecule has 0 spiro atoms. The van der Waals surface area contributed by atoms with Crippen LogP contribution in [-0.2, 0) is 11.3 Å². The second kappa shape index (κ2) is 8.57. The number of carbonyl (C=O) groups excluding carboxylic acids is 2. The number of carboxylic acids is 1. The number of thiazole rings is 1. The van der Waals surface area contributed by atoms with E-state index in [1.54, 1.807) is 12.1 Å². The van der Waals surface area contributed by atoms with Crippen LogP contribution >= 0.6 is 11.3 Å². The second-order valence-corrected chi connectivity index (χ2v) is 7.10. The summed E-state index contributed by atoms with van der Waals surface area (Å²) in [6.45, 7) is 5.63. The van der Waals surface area contributed by atoms with Gasteiger partial charge in [0.2, 0.25) is 5.91 Å². The minimum atomic E-state index is -1.11. The van der Waals surface area contributed by atoms with Gasteiger partial charge in [0.05, 0.1) is 6.54 Å². The van der Waals surface area contributed by atoms with Gasteiger partial charge in [-0.2, -0.15) is 0 Å². The normalized spacial score (nSPS) is 11.8. The summed E-state index contributed by atoms with van der Waals surface area (Å²) in [5.74, 6) is -1.87. The zero-order chi connectivity index (χ0) is 19.3. The molecular weight excluding hydrogens is 354 g/mol.